The van der Waals surface area contributed by atoms with Crippen molar-refractivity contribution in [1.29, 1.82) is 0 Å². The number of carbonyl (C=O) groups is 1. The number of hydrogen-bond donors (Lipinski definition) is 1. The third kappa shape index (κ3) is 4.71. The zero-order valence-electron chi connectivity index (χ0n) is 15.4. The van der Waals surface area contributed by atoms with Gasteiger partial charge in [0.05, 0.1) is 7.11 Å². The number of carbonyl (C=O) groups excluding carboxylic acids is 1. The van der Waals surface area contributed by atoms with Crippen molar-refractivity contribution in [2.75, 3.05) is 32.1 Å². The molecule has 0 aliphatic carbocycles. The Morgan fingerprint density at radius 1 is 1.38 bits per heavy atom. The zero-order valence-corrected chi connectivity index (χ0v) is 15.4. The molecule has 1 aromatic carbocycles. The van der Waals surface area contributed by atoms with Crippen LogP contribution in [0, 0.1) is 5.92 Å². The molecule has 1 N–H and O–H groups in total. The Bertz CT molecular complexity index is 750. The van der Waals surface area contributed by atoms with E-state index in [9.17, 15) is 4.79 Å². The fourth-order valence-electron chi connectivity index (χ4n) is 3.25. The van der Waals surface area contributed by atoms with E-state index in [0.29, 0.717) is 24.1 Å². The lowest BCUT2D eigenvalue weighted by molar-refractivity contribution is 0.0677. The van der Waals surface area contributed by atoms with Gasteiger partial charge in [-0.25, -0.2) is 9.97 Å². The zero-order chi connectivity index (χ0) is 18.4. The number of rotatable bonds is 6. The monoisotopic (exact) mass is 354 g/mol. The minimum absolute atomic E-state index is 0.00482. The largest absolute Gasteiger partial charge is 0.497 e. The number of anilines is 1. The topological polar surface area (TPSA) is 67.3 Å². The van der Waals surface area contributed by atoms with Gasteiger partial charge in [0.2, 0.25) is 5.95 Å². The van der Waals surface area contributed by atoms with Gasteiger partial charge in [0.1, 0.15) is 11.4 Å². The highest BCUT2D eigenvalue weighted by atomic mass is 16.5. The van der Waals surface area contributed by atoms with Crippen LogP contribution < -0.4 is 10.1 Å². The lowest BCUT2D eigenvalue weighted by Gasteiger charge is -2.30. The molecule has 1 aliphatic rings. The van der Waals surface area contributed by atoms with E-state index in [1.807, 2.05) is 23.1 Å². The van der Waals surface area contributed by atoms with E-state index >= 15 is 0 Å². The first-order valence-electron chi connectivity index (χ1n) is 9.15. The summed E-state index contributed by atoms with van der Waals surface area (Å²) in [4.78, 5) is 23.2. The number of likely N-dealkylation sites (tertiary alicyclic amines) is 1. The van der Waals surface area contributed by atoms with Crippen LogP contribution in [0.2, 0.25) is 0 Å². The summed E-state index contributed by atoms with van der Waals surface area (Å²) >= 11 is 0. The third-order valence-corrected chi connectivity index (χ3v) is 4.65. The SMILES string of the molecule is COc1cccc(CCNc2nccc(C(=O)N3CCCC(C)C3)n2)c1. The van der Waals surface area contributed by atoms with E-state index in [-0.39, 0.29) is 5.91 Å². The fourth-order valence-corrected chi connectivity index (χ4v) is 3.25. The number of ether oxygens (including phenoxy) is 1. The number of benzene rings is 1. The van der Waals surface area contributed by atoms with Crippen LogP contribution in [0.4, 0.5) is 5.95 Å². The van der Waals surface area contributed by atoms with Crippen LogP contribution in [-0.2, 0) is 6.42 Å². The molecule has 1 fully saturated rings. The van der Waals surface area contributed by atoms with Crippen molar-refractivity contribution < 1.29 is 9.53 Å². The highest BCUT2D eigenvalue weighted by Crippen LogP contribution is 2.17. The van der Waals surface area contributed by atoms with Gasteiger partial charge in [-0.05, 0) is 48.9 Å². The van der Waals surface area contributed by atoms with Crippen molar-refractivity contribution in [2.45, 2.75) is 26.2 Å². The average Bonchev–Trinajstić information content (AvgIpc) is 2.68. The first kappa shape index (κ1) is 18.2. The molecule has 1 unspecified atom stereocenters. The van der Waals surface area contributed by atoms with Crippen LogP contribution in [0.15, 0.2) is 36.5 Å². The number of nitrogens with zero attached hydrogens (tertiary/aromatic N) is 3. The Hall–Kier alpha value is -2.63. The summed E-state index contributed by atoms with van der Waals surface area (Å²) in [5, 5.41) is 3.20. The second-order valence-corrected chi connectivity index (χ2v) is 6.79. The Morgan fingerprint density at radius 3 is 3.08 bits per heavy atom. The molecular weight excluding hydrogens is 328 g/mol. The fraction of sp³-hybridized carbons (Fsp3) is 0.450. The lowest BCUT2D eigenvalue weighted by atomic mass is 10.00. The molecule has 2 aromatic rings. The van der Waals surface area contributed by atoms with Crippen LogP contribution in [0.1, 0.15) is 35.8 Å². The van der Waals surface area contributed by atoms with E-state index in [1.54, 1.807) is 19.4 Å². The molecule has 0 saturated carbocycles. The molecular formula is C20H26N4O2. The molecule has 26 heavy (non-hydrogen) atoms. The van der Waals surface area contributed by atoms with Gasteiger partial charge in [0.25, 0.3) is 5.91 Å². The minimum Gasteiger partial charge on any atom is -0.497 e. The predicted octanol–water partition coefficient (Wildman–Crippen LogP) is 3.01. The molecule has 3 rings (SSSR count). The van der Waals surface area contributed by atoms with Crippen LogP contribution in [-0.4, -0.2) is 47.5 Å². The highest BCUT2D eigenvalue weighted by molar-refractivity contribution is 5.92. The molecule has 6 heteroatoms. The van der Waals surface area contributed by atoms with Crippen LogP contribution >= 0.6 is 0 Å². The van der Waals surface area contributed by atoms with Crippen LogP contribution in [0.3, 0.4) is 0 Å². The van der Waals surface area contributed by atoms with E-state index in [1.165, 1.54) is 12.0 Å². The van der Waals surface area contributed by atoms with E-state index in [4.69, 9.17) is 4.74 Å². The summed E-state index contributed by atoms with van der Waals surface area (Å²) in [6, 6.07) is 9.66. The van der Waals surface area contributed by atoms with Gasteiger partial charge in [0.15, 0.2) is 0 Å². The molecule has 0 bridgehead atoms. The predicted molar refractivity (Wildman–Crippen MR) is 102 cm³/mol. The summed E-state index contributed by atoms with van der Waals surface area (Å²) in [6.45, 7) is 4.49. The maximum Gasteiger partial charge on any atom is 0.272 e. The maximum atomic E-state index is 12.7. The molecule has 1 aromatic heterocycles. The molecule has 1 aliphatic heterocycles. The summed E-state index contributed by atoms with van der Waals surface area (Å²) in [6.07, 6.45) is 4.71. The van der Waals surface area contributed by atoms with E-state index in [0.717, 1.165) is 31.7 Å². The van der Waals surface area contributed by atoms with Gasteiger partial charge in [-0.1, -0.05) is 19.1 Å². The van der Waals surface area contributed by atoms with Crippen molar-refractivity contribution in [3.63, 3.8) is 0 Å². The van der Waals surface area contributed by atoms with Crippen LogP contribution in [0.5, 0.6) is 5.75 Å². The molecule has 2 heterocycles. The average molecular weight is 354 g/mol. The van der Waals surface area contributed by atoms with Gasteiger partial charge < -0.3 is 15.0 Å². The number of piperidine rings is 1. The quantitative estimate of drug-likeness (QED) is 0.864. The van der Waals surface area contributed by atoms with Crippen molar-refractivity contribution in [2.24, 2.45) is 5.92 Å². The minimum atomic E-state index is -0.00482. The molecule has 138 valence electrons. The second-order valence-electron chi connectivity index (χ2n) is 6.79. The van der Waals surface area contributed by atoms with Gasteiger partial charge in [-0.2, -0.15) is 0 Å². The first-order valence-corrected chi connectivity index (χ1v) is 9.15. The normalized spacial score (nSPS) is 17.0. The van der Waals surface area contributed by atoms with Crippen molar-refractivity contribution in [3.8, 4) is 5.75 Å². The van der Waals surface area contributed by atoms with Crippen molar-refractivity contribution >= 4 is 11.9 Å². The molecule has 6 nitrogen and oxygen atoms in total. The second kappa shape index (κ2) is 8.65. The molecule has 1 amide bonds. The Labute approximate surface area is 154 Å². The first-order chi connectivity index (χ1) is 12.7. The smallest absolute Gasteiger partial charge is 0.272 e. The molecule has 1 saturated heterocycles. The molecule has 1 atom stereocenters. The van der Waals surface area contributed by atoms with E-state index < -0.39 is 0 Å². The Balaban J connectivity index is 1.57. The molecule has 0 spiro atoms. The van der Waals surface area contributed by atoms with E-state index in [2.05, 4.69) is 28.3 Å². The number of aromatic nitrogens is 2. The van der Waals surface area contributed by atoms with Gasteiger partial charge in [-0.3, -0.25) is 4.79 Å². The number of methoxy groups -OCH3 is 1. The summed E-state index contributed by atoms with van der Waals surface area (Å²) in [7, 11) is 1.66. The highest BCUT2D eigenvalue weighted by Gasteiger charge is 2.23. The molecule has 0 radical (unpaired) electrons. The van der Waals surface area contributed by atoms with Crippen LogP contribution in [0.25, 0.3) is 0 Å². The Morgan fingerprint density at radius 2 is 2.27 bits per heavy atom. The summed E-state index contributed by atoms with van der Waals surface area (Å²) in [5.74, 6) is 1.88. The number of amides is 1. The summed E-state index contributed by atoms with van der Waals surface area (Å²) < 4.78 is 5.24. The number of hydrogen-bond acceptors (Lipinski definition) is 5. The van der Waals surface area contributed by atoms with Gasteiger partial charge in [0, 0.05) is 25.8 Å². The summed E-state index contributed by atoms with van der Waals surface area (Å²) in [5.41, 5.74) is 1.63. The van der Waals surface area contributed by atoms with Crippen molar-refractivity contribution in [1.82, 2.24) is 14.9 Å². The van der Waals surface area contributed by atoms with Gasteiger partial charge >= 0.3 is 0 Å². The lowest BCUT2D eigenvalue weighted by Crippen LogP contribution is -2.39. The number of nitrogens with one attached hydrogen (secondary N) is 1. The maximum absolute atomic E-state index is 12.7. The Kier molecular flexibility index (Phi) is 6.04. The van der Waals surface area contributed by atoms with Crippen molar-refractivity contribution in [3.05, 3.63) is 47.8 Å². The van der Waals surface area contributed by atoms with Gasteiger partial charge in [-0.15, -0.1) is 0 Å². The third-order valence-electron chi connectivity index (χ3n) is 4.65. The standard InChI is InChI=1S/C20H26N4O2/c1-15-5-4-12-24(14-15)19(25)18-9-11-22-20(23-18)21-10-8-16-6-3-7-17(13-16)26-2/h3,6-7,9,11,13,15H,4-5,8,10,12,14H2,1-2H3,(H,21,22,23).